The average molecular weight is 300 g/mol. The number of halogens is 1. The molecule has 0 saturated heterocycles. The zero-order valence-electron chi connectivity index (χ0n) is 11.3. The molecule has 21 heavy (non-hydrogen) atoms. The van der Waals surface area contributed by atoms with Crippen LogP contribution in [0, 0.1) is 11.3 Å². The lowest BCUT2D eigenvalue weighted by Gasteiger charge is -2.09. The number of carbonyl (C=O) groups excluding carboxylic acids is 1. The lowest BCUT2D eigenvalue weighted by molar-refractivity contribution is 0.252. The number of nitrogens with zero attached hydrogens (tertiary/aromatic N) is 1. The summed E-state index contributed by atoms with van der Waals surface area (Å²) in [4.78, 5) is 11.8. The number of anilines is 1. The summed E-state index contributed by atoms with van der Waals surface area (Å²) < 4.78 is 0. The Morgan fingerprint density at radius 3 is 2.76 bits per heavy atom. The molecule has 2 amide bonds. The van der Waals surface area contributed by atoms with Crippen LogP contribution in [0.1, 0.15) is 11.1 Å². The van der Waals surface area contributed by atoms with Crippen molar-refractivity contribution in [3.63, 3.8) is 0 Å². The van der Waals surface area contributed by atoms with Crippen molar-refractivity contribution in [2.75, 3.05) is 11.9 Å². The molecule has 0 radical (unpaired) electrons. The number of nitriles is 1. The number of rotatable bonds is 4. The number of nitrogens with one attached hydrogen (secondary N) is 2. The van der Waals surface area contributed by atoms with Gasteiger partial charge in [-0.1, -0.05) is 35.9 Å². The number of amides is 2. The minimum absolute atomic E-state index is 0.334. The van der Waals surface area contributed by atoms with Gasteiger partial charge in [0.05, 0.1) is 11.3 Å². The Balaban J connectivity index is 1.84. The van der Waals surface area contributed by atoms with Crippen LogP contribution in [0.15, 0.2) is 48.5 Å². The first-order valence-corrected chi connectivity index (χ1v) is 6.85. The largest absolute Gasteiger partial charge is 0.338 e. The van der Waals surface area contributed by atoms with Crippen molar-refractivity contribution in [3.05, 3.63) is 64.7 Å². The molecular formula is C16H14ClN3O. The first kappa shape index (κ1) is 14.9. The second-order valence-electron chi connectivity index (χ2n) is 4.42. The summed E-state index contributed by atoms with van der Waals surface area (Å²) in [5, 5.41) is 15.0. The van der Waals surface area contributed by atoms with E-state index in [0.29, 0.717) is 29.2 Å². The van der Waals surface area contributed by atoms with E-state index in [2.05, 4.69) is 10.6 Å². The molecule has 4 nitrogen and oxygen atoms in total. The second kappa shape index (κ2) is 7.32. The molecule has 0 aliphatic rings. The molecule has 106 valence electrons. The van der Waals surface area contributed by atoms with Crippen LogP contribution in [0.3, 0.4) is 0 Å². The molecule has 0 saturated carbocycles. The third-order valence-corrected chi connectivity index (χ3v) is 3.12. The van der Waals surface area contributed by atoms with Crippen LogP contribution in [-0.4, -0.2) is 12.6 Å². The molecule has 0 atom stereocenters. The van der Waals surface area contributed by atoms with E-state index in [1.165, 1.54) is 0 Å². The van der Waals surface area contributed by atoms with Crippen LogP contribution in [0.5, 0.6) is 0 Å². The minimum atomic E-state index is -0.334. The Bertz CT molecular complexity index is 679. The molecule has 5 heteroatoms. The standard InChI is InChI=1S/C16H14ClN3O/c17-14-6-3-4-12(10-14)8-9-19-16(21)20-15-7-2-1-5-13(15)11-18/h1-7,10H,8-9H2,(H2,19,20,21). The van der Waals surface area contributed by atoms with E-state index in [9.17, 15) is 4.79 Å². The van der Waals surface area contributed by atoms with Gasteiger partial charge in [0.15, 0.2) is 0 Å². The SMILES string of the molecule is N#Cc1ccccc1NC(=O)NCCc1cccc(Cl)c1. The van der Waals surface area contributed by atoms with Gasteiger partial charge >= 0.3 is 6.03 Å². The average Bonchev–Trinajstić information content (AvgIpc) is 2.48. The van der Waals surface area contributed by atoms with Crippen molar-refractivity contribution < 1.29 is 4.79 Å². The van der Waals surface area contributed by atoms with Crippen LogP contribution >= 0.6 is 11.6 Å². The first-order valence-electron chi connectivity index (χ1n) is 6.47. The number of benzene rings is 2. The van der Waals surface area contributed by atoms with Crippen LogP contribution in [0.4, 0.5) is 10.5 Å². The molecule has 0 bridgehead atoms. The Labute approximate surface area is 128 Å². The second-order valence-corrected chi connectivity index (χ2v) is 4.85. The quantitative estimate of drug-likeness (QED) is 0.906. The number of urea groups is 1. The minimum Gasteiger partial charge on any atom is -0.338 e. The molecular weight excluding hydrogens is 286 g/mol. The third kappa shape index (κ3) is 4.51. The van der Waals surface area contributed by atoms with Gasteiger partial charge < -0.3 is 10.6 Å². The predicted molar refractivity (Wildman–Crippen MR) is 83.3 cm³/mol. The van der Waals surface area contributed by atoms with E-state index < -0.39 is 0 Å². The van der Waals surface area contributed by atoms with E-state index in [1.807, 2.05) is 30.3 Å². The van der Waals surface area contributed by atoms with E-state index in [4.69, 9.17) is 16.9 Å². The van der Waals surface area contributed by atoms with Gasteiger partial charge in [-0.05, 0) is 36.2 Å². The summed E-state index contributed by atoms with van der Waals surface area (Å²) in [7, 11) is 0. The first-order chi connectivity index (χ1) is 10.2. The lowest BCUT2D eigenvalue weighted by Crippen LogP contribution is -2.30. The monoisotopic (exact) mass is 299 g/mol. The van der Waals surface area contributed by atoms with Gasteiger partial charge in [-0.3, -0.25) is 0 Å². The van der Waals surface area contributed by atoms with E-state index in [1.54, 1.807) is 24.3 Å². The molecule has 0 spiro atoms. The maximum Gasteiger partial charge on any atom is 0.319 e. The molecule has 0 heterocycles. The molecule has 0 aromatic heterocycles. The summed E-state index contributed by atoms with van der Waals surface area (Å²) in [6.45, 7) is 0.487. The predicted octanol–water partition coefficient (Wildman–Crippen LogP) is 3.58. The highest BCUT2D eigenvalue weighted by molar-refractivity contribution is 6.30. The van der Waals surface area contributed by atoms with Crippen molar-refractivity contribution >= 4 is 23.3 Å². The maximum atomic E-state index is 11.8. The lowest BCUT2D eigenvalue weighted by atomic mass is 10.1. The van der Waals surface area contributed by atoms with Crippen molar-refractivity contribution in [3.8, 4) is 6.07 Å². The van der Waals surface area contributed by atoms with Crippen molar-refractivity contribution in [1.29, 1.82) is 5.26 Å². The van der Waals surface area contributed by atoms with Crippen LogP contribution in [0.2, 0.25) is 5.02 Å². The van der Waals surface area contributed by atoms with Gasteiger partial charge in [0, 0.05) is 11.6 Å². The summed E-state index contributed by atoms with van der Waals surface area (Å²) in [5.74, 6) is 0. The number of para-hydroxylation sites is 1. The highest BCUT2D eigenvalue weighted by atomic mass is 35.5. The highest BCUT2D eigenvalue weighted by Crippen LogP contribution is 2.13. The fourth-order valence-corrected chi connectivity index (χ4v) is 2.08. The molecule has 2 rings (SSSR count). The normalized spacial score (nSPS) is 9.71. The summed E-state index contributed by atoms with van der Waals surface area (Å²) in [5.41, 5.74) is 1.99. The fourth-order valence-electron chi connectivity index (χ4n) is 1.87. The van der Waals surface area contributed by atoms with Crippen molar-refractivity contribution in [1.82, 2.24) is 5.32 Å². The summed E-state index contributed by atoms with van der Waals surface area (Å²) in [6, 6.07) is 16.1. The highest BCUT2D eigenvalue weighted by Gasteiger charge is 2.05. The zero-order chi connectivity index (χ0) is 15.1. The number of hydrogen-bond acceptors (Lipinski definition) is 2. The molecule has 2 aromatic carbocycles. The maximum absolute atomic E-state index is 11.8. The fraction of sp³-hybridized carbons (Fsp3) is 0.125. The van der Waals surface area contributed by atoms with Crippen LogP contribution in [-0.2, 0) is 6.42 Å². The van der Waals surface area contributed by atoms with Gasteiger partial charge in [-0.15, -0.1) is 0 Å². The summed E-state index contributed by atoms with van der Waals surface area (Å²) in [6.07, 6.45) is 0.688. The van der Waals surface area contributed by atoms with Crippen molar-refractivity contribution in [2.24, 2.45) is 0 Å². The molecule has 0 unspecified atom stereocenters. The van der Waals surface area contributed by atoms with Gasteiger partial charge in [0.25, 0.3) is 0 Å². The summed E-state index contributed by atoms with van der Waals surface area (Å²) >= 11 is 5.90. The Morgan fingerprint density at radius 2 is 2.00 bits per heavy atom. The van der Waals surface area contributed by atoms with E-state index in [0.717, 1.165) is 5.56 Å². The Hall–Kier alpha value is -2.51. The topological polar surface area (TPSA) is 64.9 Å². The van der Waals surface area contributed by atoms with Crippen LogP contribution < -0.4 is 10.6 Å². The molecule has 0 aliphatic heterocycles. The van der Waals surface area contributed by atoms with Crippen LogP contribution in [0.25, 0.3) is 0 Å². The molecule has 0 aliphatic carbocycles. The number of hydrogen-bond donors (Lipinski definition) is 2. The smallest absolute Gasteiger partial charge is 0.319 e. The van der Waals surface area contributed by atoms with Crippen molar-refractivity contribution in [2.45, 2.75) is 6.42 Å². The van der Waals surface area contributed by atoms with E-state index in [-0.39, 0.29) is 6.03 Å². The van der Waals surface area contributed by atoms with Gasteiger partial charge in [-0.25, -0.2) is 4.79 Å². The number of carbonyl (C=O) groups is 1. The van der Waals surface area contributed by atoms with Gasteiger partial charge in [0.1, 0.15) is 6.07 Å². The third-order valence-electron chi connectivity index (χ3n) is 2.88. The zero-order valence-corrected chi connectivity index (χ0v) is 12.0. The molecule has 0 fully saturated rings. The Kier molecular flexibility index (Phi) is 5.19. The Morgan fingerprint density at radius 1 is 1.19 bits per heavy atom. The van der Waals surface area contributed by atoms with E-state index >= 15 is 0 Å². The van der Waals surface area contributed by atoms with Gasteiger partial charge in [-0.2, -0.15) is 5.26 Å². The van der Waals surface area contributed by atoms with Gasteiger partial charge in [0.2, 0.25) is 0 Å². The molecule has 2 aromatic rings. The molecule has 2 N–H and O–H groups in total.